The van der Waals surface area contributed by atoms with Crippen molar-refractivity contribution in [2.75, 3.05) is 38.5 Å². The maximum Gasteiger partial charge on any atom is 0.401 e. The Hall–Kier alpha value is -2.36. The number of hydrogen-bond acceptors (Lipinski definition) is 4. The molecule has 1 atom stereocenters. The van der Waals surface area contributed by atoms with Crippen molar-refractivity contribution in [1.82, 2.24) is 20.5 Å². The van der Waals surface area contributed by atoms with Gasteiger partial charge in [-0.1, -0.05) is 6.07 Å². The molecule has 0 saturated carbocycles. The monoisotopic (exact) mass is 386 g/mol. The van der Waals surface area contributed by atoms with Crippen molar-refractivity contribution in [1.29, 1.82) is 0 Å². The van der Waals surface area contributed by atoms with Crippen LogP contribution in [0.1, 0.15) is 18.5 Å². The van der Waals surface area contributed by atoms with Crippen molar-refractivity contribution in [3.8, 4) is 0 Å². The van der Waals surface area contributed by atoms with Gasteiger partial charge in [0.1, 0.15) is 5.82 Å². The van der Waals surface area contributed by atoms with Gasteiger partial charge in [0, 0.05) is 44.8 Å². The molecule has 0 radical (unpaired) electrons. The second-order valence-corrected chi connectivity index (χ2v) is 6.44. The molecule has 2 rings (SSSR count). The lowest BCUT2D eigenvalue weighted by Gasteiger charge is -2.19. The lowest BCUT2D eigenvalue weighted by molar-refractivity contribution is -0.143. The number of nitrogens with one attached hydrogen (secondary N) is 3. The first kappa shape index (κ1) is 20.9. The van der Waals surface area contributed by atoms with E-state index in [4.69, 9.17) is 0 Å². The molecule has 7 nitrogen and oxygen atoms in total. The fourth-order valence-electron chi connectivity index (χ4n) is 2.85. The highest BCUT2D eigenvalue weighted by molar-refractivity contribution is 5.90. The van der Waals surface area contributed by atoms with Gasteiger partial charge in [0.05, 0.1) is 6.54 Å². The van der Waals surface area contributed by atoms with E-state index in [0.717, 1.165) is 5.69 Å². The van der Waals surface area contributed by atoms with E-state index in [1.807, 2.05) is 19.1 Å². The fraction of sp³-hybridized carbons (Fsp3) is 0.588. The molecule has 1 aliphatic heterocycles. The number of aryl methyl sites for hydroxylation is 1. The van der Waals surface area contributed by atoms with Crippen molar-refractivity contribution in [2.45, 2.75) is 32.0 Å². The van der Waals surface area contributed by atoms with Gasteiger partial charge in [0.2, 0.25) is 5.91 Å². The predicted molar refractivity (Wildman–Crippen MR) is 97.6 cm³/mol. The Morgan fingerprint density at radius 3 is 2.85 bits per heavy atom. The third-order valence-electron chi connectivity index (χ3n) is 4.04. The molecular weight excluding hydrogens is 361 g/mol. The Kier molecular flexibility index (Phi) is 7.40. The second kappa shape index (κ2) is 9.54. The summed E-state index contributed by atoms with van der Waals surface area (Å²) in [5.41, 5.74) is 0.812. The van der Waals surface area contributed by atoms with Crippen LogP contribution in [-0.4, -0.2) is 67.2 Å². The minimum Gasteiger partial charge on any atom is -0.356 e. The number of amides is 1. The van der Waals surface area contributed by atoms with E-state index in [1.165, 1.54) is 4.90 Å². The molecule has 1 amide bonds. The molecule has 1 unspecified atom stereocenters. The topological polar surface area (TPSA) is 81.6 Å². The first-order valence-electron chi connectivity index (χ1n) is 8.75. The van der Waals surface area contributed by atoms with Gasteiger partial charge in [0.25, 0.3) is 0 Å². The normalized spacial score (nSPS) is 18.4. The Morgan fingerprint density at radius 2 is 2.19 bits per heavy atom. The summed E-state index contributed by atoms with van der Waals surface area (Å²) in [4.78, 5) is 21.6. The third-order valence-corrected chi connectivity index (χ3v) is 4.04. The molecule has 2 heterocycles. The zero-order chi connectivity index (χ0) is 19.9. The van der Waals surface area contributed by atoms with Crippen molar-refractivity contribution in [3.63, 3.8) is 0 Å². The van der Waals surface area contributed by atoms with E-state index in [9.17, 15) is 18.0 Å². The van der Waals surface area contributed by atoms with Crippen LogP contribution in [0.4, 0.5) is 19.0 Å². The number of likely N-dealkylation sites (tertiary alicyclic amines) is 1. The van der Waals surface area contributed by atoms with E-state index in [0.29, 0.717) is 37.8 Å². The number of anilines is 1. The first-order chi connectivity index (χ1) is 12.7. The van der Waals surface area contributed by atoms with Crippen molar-refractivity contribution in [2.24, 2.45) is 4.99 Å². The molecule has 1 fully saturated rings. The fourth-order valence-corrected chi connectivity index (χ4v) is 2.85. The maximum absolute atomic E-state index is 12.4. The molecule has 0 bridgehead atoms. The standard InChI is InChI=1S/C17H25F3N6O/c1-12-4-3-5-14(23-12)25-15(27)6-8-22-16(21-2)24-13-7-9-26(10-13)11-17(18,19)20/h3-5,13H,6-11H2,1-2H3,(H2,21,22,24)(H,23,25,27). The highest BCUT2D eigenvalue weighted by atomic mass is 19.4. The quantitative estimate of drug-likeness (QED) is 0.510. The van der Waals surface area contributed by atoms with Gasteiger partial charge in [-0.15, -0.1) is 0 Å². The minimum absolute atomic E-state index is 0.108. The van der Waals surface area contributed by atoms with Crippen LogP contribution in [0.5, 0.6) is 0 Å². The van der Waals surface area contributed by atoms with Crippen LogP contribution in [0.15, 0.2) is 23.2 Å². The molecule has 0 aromatic carbocycles. The van der Waals surface area contributed by atoms with Gasteiger partial charge >= 0.3 is 6.18 Å². The number of hydrogen-bond donors (Lipinski definition) is 3. The molecule has 1 aromatic heterocycles. The van der Waals surface area contributed by atoms with Gasteiger partial charge in [-0.2, -0.15) is 13.2 Å². The molecule has 3 N–H and O–H groups in total. The van der Waals surface area contributed by atoms with E-state index < -0.39 is 12.7 Å². The van der Waals surface area contributed by atoms with Crippen LogP contribution < -0.4 is 16.0 Å². The minimum atomic E-state index is -4.19. The zero-order valence-corrected chi connectivity index (χ0v) is 15.4. The Labute approximate surface area is 156 Å². The van der Waals surface area contributed by atoms with E-state index in [2.05, 4.69) is 25.9 Å². The zero-order valence-electron chi connectivity index (χ0n) is 15.4. The molecular formula is C17H25F3N6O. The molecule has 27 heavy (non-hydrogen) atoms. The molecule has 1 aromatic rings. The summed E-state index contributed by atoms with van der Waals surface area (Å²) >= 11 is 0. The van der Waals surface area contributed by atoms with Crippen molar-refractivity contribution >= 4 is 17.7 Å². The number of carbonyl (C=O) groups excluding carboxylic acids is 1. The Morgan fingerprint density at radius 1 is 1.41 bits per heavy atom. The van der Waals surface area contributed by atoms with Crippen LogP contribution in [0.2, 0.25) is 0 Å². The van der Waals surface area contributed by atoms with E-state index >= 15 is 0 Å². The van der Waals surface area contributed by atoms with Crippen LogP contribution in [0, 0.1) is 6.92 Å². The second-order valence-electron chi connectivity index (χ2n) is 6.44. The van der Waals surface area contributed by atoms with Crippen molar-refractivity contribution < 1.29 is 18.0 Å². The molecule has 1 saturated heterocycles. The SMILES string of the molecule is CN=C(NCCC(=O)Nc1cccc(C)n1)NC1CCN(CC(F)(F)F)C1. The summed E-state index contributed by atoms with van der Waals surface area (Å²) in [6.07, 6.45) is -3.37. The number of rotatable bonds is 6. The third kappa shape index (κ3) is 7.81. The maximum atomic E-state index is 12.4. The van der Waals surface area contributed by atoms with Crippen LogP contribution in [0.3, 0.4) is 0 Å². The Balaban J connectivity index is 1.69. The average molecular weight is 386 g/mol. The number of aromatic nitrogens is 1. The lowest BCUT2D eigenvalue weighted by atomic mass is 10.3. The Bertz CT molecular complexity index is 664. The number of alkyl halides is 3. The summed E-state index contributed by atoms with van der Waals surface area (Å²) in [7, 11) is 1.58. The van der Waals surface area contributed by atoms with Crippen molar-refractivity contribution in [3.05, 3.63) is 23.9 Å². The summed E-state index contributed by atoms with van der Waals surface area (Å²) < 4.78 is 37.3. The molecule has 0 spiro atoms. The highest BCUT2D eigenvalue weighted by Crippen LogP contribution is 2.19. The summed E-state index contributed by atoms with van der Waals surface area (Å²) in [6.45, 7) is 1.98. The molecule has 10 heteroatoms. The van der Waals surface area contributed by atoms with Crippen LogP contribution in [0.25, 0.3) is 0 Å². The van der Waals surface area contributed by atoms with Crippen LogP contribution >= 0.6 is 0 Å². The van der Waals surface area contributed by atoms with Gasteiger partial charge in [-0.05, 0) is 25.5 Å². The average Bonchev–Trinajstić information content (AvgIpc) is 2.98. The molecule has 0 aliphatic carbocycles. The lowest BCUT2D eigenvalue weighted by Crippen LogP contribution is -2.45. The highest BCUT2D eigenvalue weighted by Gasteiger charge is 2.34. The largest absolute Gasteiger partial charge is 0.401 e. The number of halogens is 3. The number of guanidine groups is 1. The van der Waals surface area contributed by atoms with Crippen LogP contribution in [-0.2, 0) is 4.79 Å². The summed E-state index contributed by atoms with van der Waals surface area (Å²) in [6, 6.07) is 5.26. The predicted octanol–water partition coefficient (Wildman–Crippen LogP) is 1.52. The van der Waals surface area contributed by atoms with E-state index in [-0.39, 0.29) is 18.4 Å². The van der Waals surface area contributed by atoms with Gasteiger partial charge < -0.3 is 16.0 Å². The van der Waals surface area contributed by atoms with Gasteiger partial charge in [0.15, 0.2) is 5.96 Å². The number of aliphatic imine (C=N–C) groups is 1. The smallest absolute Gasteiger partial charge is 0.356 e. The number of pyridine rings is 1. The molecule has 1 aliphatic rings. The van der Waals surface area contributed by atoms with Gasteiger partial charge in [-0.3, -0.25) is 14.7 Å². The summed E-state index contributed by atoms with van der Waals surface area (Å²) in [5.74, 6) is 0.779. The number of carbonyl (C=O) groups is 1. The summed E-state index contributed by atoms with van der Waals surface area (Å²) in [5, 5.41) is 8.81. The number of nitrogens with zero attached hydrogens (tertiary/aromatic N) is 3. The molecule has 150 valence electrons. The first-order valence-corrected chi connectivity index (χ1v) is 8.75. The van der Waals surface area contributed by atoms with Gasteiger partial charge in [-0.25, -0.2) is 4.98 Å². The van der Waals surface area contributed by atoms with E-state index in [1.54, 1.807) is 13.1 Å².